The summed E-state index contributed by atoms with van der Waals surface area (Å²) in [4.78, 5) is 4.46. The van der Waals surface area contributed by atoms with Crippen LogP contribution in [0.1, 0.15) is 30.8 Å². The molecule has 0 aromatic carbocycles. The third-order valence-electron chi connectivity index (χ3n) is 3.23. The lowest BCUT2D eigenvalue weighted by atomic mass is 10.1. The Hall–Kier alpha value is -1.37. The lowest BCUT2D eigenvalue weighted by molar-refractivity contribution is 0.182. The monoisotopic (exact) mass is 311 g/mol. The van der Waals surface area contributed by atoms with Crippen LogP contribution < -0.4 is 5.32 Å². The Labute approximate surface area is 130 Å². The van der Waals surface area contributed by atoms with E-state index in [0.717, 1.165) is 24.4 Å². The van der Waals surface area contributed by atoms with Crippen molar-refractivity contribution in [2.24, 2.45) is 7.05 Å². The SMILES string of the molecule is CCCNC(c1cn(C)cn1)c1c(Cl)cnn1CCOC. The standard InChI is InChI=1S/C14H22ClN5O/c1-4-5-16-13(12-9-19(2)10-17-12)14-11(15)8-18-20(14)6-7-21-3/h8-10,13,16H,4-7H2,1-3H3. The summed E-state index contributed by atoms with van der Waals surface area (Å²) in [5.74, 6) is 0. The molecule has 2 rings (SSSR count). The summed E-state index contributed by atoms with van der Waals surface area (Å²) in [6, 6.07) is -0.0713. The van der Waals surface area contributed by atoms with Crippen molar-refractivity contribution in [1.29, 1.82) is 0 Å². The zero-order valence-electron chi connectivity index (χ0n) is 12.7. The van der Waals surface area contributed by atoms with Gasteiger partial charge >= 0.3 is 0 Å². The summed E-state index contributed by atoms with van der Waals surface area (Å²) in [6.45, 7) is 4.27. The van der Waals surface area contributed by atoms with E-state index in [1.165, 1.54) is 0 Å². The molecule has 0 fully saturated rings. The van der Waals surface area contributed by atoms with Gasteiger partial charge in [-0.2, -0.15) is 5.10 Å². The van der Waals surface area contributed by atoms with Gasteiger partial charge in [0.05, 0.1) is 48.1 Å². The quantitative estimate of drug-likeness (QED) is 0.810. The minimum Gasteiger partial charge on any atom is -0.383 e. The van der Waals surface area contributed by atoms with E-state index in [1.54, 1.807) is 19.6 Å². The molecule has 0 aliphatic rings. The van der Waals surface area contributed by atoms with Crippen molar-refractivity contribution in [1.82, 2.24) is 24.6 Å². The Balaban J connectivity index is 2.33. The van der Waals surface area contributed by atoms with Crippen molar-refractivity contribution in [3.63, 3.8) is 0 Å². The zero-order chi connectivity index (χ0) is 15.2. The van der Waals surface area contributed by atoms with Crippen molar-refractivity contribution in [2.75, 3.05) is 20.3 Å². The molecule has 116 valence electrons. The summed E-state index contributed by atoms with van der Waals surface area (Å²) in [5, 5.41) is 8.49. The van der Waals surface area contributed by atoms with Gasteiger partial charge in [0.1, 0.15) is 0 Å². The van der Waals surface area contributed by atoms with Crippen molar-refractivity contribution in [2.45, 2.75) is 25.9 Å². The molecule has 0 saturated carbocycles. The molecule has 2 heterocycles. The third kappa shape index (κ3) is 3.84. The molecule has 0 aliphatic carbocycles. The predicted octanol–water partition coefficient (Wildman–Crippen LogP) is 2.01. The number of rotatable bonds is 8. The van der Waals surface area contributed by atoms with Crippen LogP contribution in [0.3, 0.4) is 0 Å². The van der Waals surface area contributed by atoms with Crippen LogP contribution in [-0.2, 0) is 18.3 Å². The average Bonchev–Trinajstić information content (AvgIpc) is 3.05. The molecular weight excluding hydrogens is 290 g/mol. The summed E-state index contributed by atoms with van der Waals surface area (Å²) in [7, 11) is 3.63. The Morgan fingerprint density at radius 3 is 2.90 bits per heavy atom. The van der Waals surface area contributed by atoms with Crippen LogP contribution in [0.4, 0.5) is 0 Å². The second-order valence-corrected chi connectivity index (χ2v) is 5.35. The van der Waals surface area contributed by atoms with E-state index in [1.807, 2.05) is 22.5 Å². The van der Waals surface area contributed by atoms with Crippen LogP contribution in [0, 0.1) is 0 Å². The summed E-state index contributed by atoms with van der Waals surface area (Å²) >= 11 is 6.36. The van der Waals surface area contributed by atoms with Gasteiger partial charge in [-0.15, -0.1) is 0 Å². The topological polar surface area (TPSA) is 56.9 Å². The van der Waals surface area contributed by atoms with Crippen LogP contribution in [0.5, 0.6) is 0 Å². The van der Waals surface area contributed by atoms with Gasteiger partial charge in [-0.05, 0) is 13.0 Å². The molecule has 6 nitrogen and oxygen atoms in total. The largest absolute Gasteiger partial charge is 0.383 e. The molecule has 1 unspecified atom stereocenters. The lowest BCUT2D eigenvalue weighted by Crippen LogP contribution is -2.27. The predicted molar refractivity (Wildman–Crippen MR) is 82.5 cm³/mol. The van der Waals surface area contributed by atoms with Crippen LogP contribution in [0.2, 0.25) is 5.02 Å². The van der Waals surface area contributed by atoms with E-state index in [4.69, 9.17) is 16.3 Å². The molecule has 1 atom stereocenters. The first-order chi connectivity index (χ1) is 10.2. The zero-order valence-corrected chi connectivity index (χ0v) is 13.5. The highest BCUT2D eigenvalue weighted by Gasteiger charge is 2.23. The molecule has 0 bridgehead atoms. The number of hydrogen-bond acceptors (Lipinski definition) is 4. The summed E-state index contributed by atoms with van der Waals surface area (Å²) in [6.07, 6.45) is 6.50. The molecule has 0 aliphatic heterocycles. The van der Waals surface area contributed by atoms with Gasteiger partial charge in [0.2, 0.25) is 0 Å². The Morgan fingerprint density at radius 1 is 1.48 bits per heavy atom. The third-order valence-corrected chi connectivity index (χ3v) is 3.52. The minimum absolute atomic E-state index is 0.0713. The fourth-order valence-electron chi connectivity index (χ4n) is 2.23. The maximum atomic E-state index is 6.36. The normalized spacial score (nSPS) is 12.8. The smallest absolute Gasteiger partial charge is 0.0952 e. The highest BCUT2D eigenvalue weighted by atomic mass is 35.5. The van der Waals surface area contributed by atoms with Crippen molar-refractivity contribution < 1.29 is 4.74 Å². The number of aryl methyl sites for hydroxylation is 1. The van der Waals surface area contributed by atoms with Gasteiger partial charge in [-0.1, -0.05) is 18.5 Å². The first-order valence-electron chi connectivity index (χ1n) is 7.08. The summed E-state index contributed by atoms with van der Waals surface area (Å²) < 4.78 is 8.95. The van der Waals surface area contributed by atoms with E-state index >= 15 is 0 Å². The van der Waals surface area contributed by atoms with Crippen molar-refractivity contribution >= 4 is 11.6 Å². The lowest BCUT2D eigenvalue weighted by Gasteiger charge is -2.19. The molecule has 0 spiro atoms. The van der Waals surface area contributed by atoms with E-state index < -0.39 is 0 Å². The molecule has 2 aromatic heterocycles. The number of imidazole rings is 1. The molecule has 2 aromatic rings. The maximum absolute atomic E-state index is 6.36. The number of ether oxygens (including phenoxy) is 1. The fourth-order valence-corrected chi connectivity index (χ4v) is 2.48. The maximum Gasteiger partial charge on any atom is 0.0952 e. The first kappa shape index (κ1) is 16.0. The van der Waals surface area contributed by atoms with Crippen LogP contribution >= 0.6 is 11.6 Å². The first-order valence-corrected chi connectivity index (χ1v) is 7.46. The number of hydrogen-bond donors (Lipinski definition) is 1. The van der Waals surface area contributed by atoms with Crippen LogP contribution in [0.15, 0.2) is 18.7 Å². The van der Waals surface area contributed by atoms with Gasteiger partial charge in [-0.25, -0.2) is 4.98 Å². The Bertz CT molecular complexity index is 565. The fraction of sp³-hybridized carbons (Fsp3) is 0.571. The molecule has 7 heteroatoms. The number of halogens is 1. The summed E-state index contributed by atoms with van der Waals surface area (Å²) in [5.41, 5.74) is 1.87. The molecule has 0 amide bonds. The number of aromatic nitrogens is 4. The molecule has 1 N–H and O–H groups in total. The van der Waals surface area contributed by atoms with Gasteiger partial charge in [0.15, 0.2) is 0 Å². The van der Waals surface area contributed by atoms with Crippen LogP contribution in [-0.4, -0.2) is 39.6 Å². The number of methoxy groups -OCH3 is 1. The number of nitrogens with zero attached hydrogens (tertiary/aromatic N) is 4. The van der Waals surface area contributed by atoms with E-state index in [9.17, 15) is 0 Å². The molecular formula is C14H22ClN5O. The van der Waals surface area contributed by atoms with Crippen molar-refractivity contribution in [3.8, 4) is 0 Å². The second kappa shape index (κ2) is 7.59. The molecule has 21 heavy (non-hydrogen) atoms. The Morgan fingerprint density at radius 2 is 2.29 bits per heavy atom. The minimum atomic E-state index is -0.0713. The van der Waals surface area contributed by atoms with Gasteiger partial charge in [0.25, 0.3) is 0 Å². The second-order valence-electron chi connectivity index (χ2n) is 4.94. The highest BCUT2D eigenvalue weighted by molar-refractivity contribution is 6.31. The van der Waals surface area contributed by atoms with Crippen molar-refractivity contribution in [3.05, 3.63) is 35.1 Å². The highest BCUT2D eigenvalue weighted by Crippen LogP contribution is 2.27. The Kier molecular flexibility index (Phi) is 5.78. The average molecular weight is 312 g/mol. The van der Waals surface area contributed by atoms with E-state index in [-0.39, 0.29) is 6.04 Å². The van der Waals surface area contributed by atoms with Gasteiger partial charge in [-0.3, -0.25) is 4.68 Å². The van der Waals surface area contributed by atoms with Gasteiger partial charge in [0, 0.05) is 20.4 Å². The molecule has 0 radical (unpaired) electrons. The van der Waals surface area contributed by atoms with Gasteiger partial charge < -0.3 is 14.6 Å². The number of nitrogens with one attached hydrogen (secondary N) is 1. The molecule has 0 saturated heterocycles. The van der Waals surface area contributed by atoms with Crippen LogP contribution in [0.25, 0.3) is 0 Å². The van der Waals surface area contributed by atoms with E-state index in [2.05, 4.69) is 22.3 Å². The van der Waals surface area contributed by atoms with E-state index in [0.29, 0.717) is 18.2 Å².